The molecule has 0 unspecified atom stereocenters. The highest BCUT2D eigenvalue weighted by atomic mass is 16.5. The van der Waals surface area contributed by atoms with Crippen LogP contribution in [0.3, 0.4) is 0 Å². The topological polar surface area (TPSA) is 9.23 Å². The molecule has 0 aliphatic heterocycles. The largest absolute Gasteiger partial charge is 0.496 e. The number of allylic oxidation sites excluding steroid dienone is 1. The molecule has 1 nitrogen and oxygen atoms in total. The summed E-state index contributed by atoms with van der Waals surface area (Å²) in [5.74, 6) is 7.53. The normalized spacial score (nSPS) is 11.1. The van der Waals surface area contributed by atoms with Gasteiger partial charge < -0.3 is 4.74 Å². The summed E-state index contributed by atoms with van der Waals surface area (Å²) >= 11 is 0. The Morgan fingerprint density at radius 3 is 2.50 bits per heavy atom. The van der Waals surface area contributed by atoms with E-state index in [-0.39, 0.29) is 5.92 Å². The molecule has 2 rings (SSSR count). The summed E-state index contributed by atoms with van der Waals surface area (Å²) in [5.41, 5.74) is 2.13. The van der Waals surface area contributed by atoms with Crippen molar-refractivity contribution >= 4 is 0 Å². The minimum absolute atomic E-state index is 0.101. The first kappa shape index (κ1) is 14.0. The van der Waals surface area contributed by atoms with Gasteiger partial charge in [-0.25, -0.2) is 0 Å². The standard InChI is InChI=1S/C19H18O/c1-3-9-17(15-14-16-10-5-4-6-11-16)18-12-7-8-13-19(18)20-2/h3-8,10-13,17H,1,9H2,2H3/t17-/m0/s1. The molecule has 0 spiro atoms. The number of para-hydroxylation sites is 1. The summed E-state index contributed by atoms with van der Waals surface area (Å²) in [6, 6.07) is 18.0. The molecule has 0 aliphatic rings. The van der Waals surface area contributed by atoms with Gasteiger partial charge in [-0.05, 0) is 24.6 Å². The molecule has 0 aromatic heterocycles. The molecule has 1 atom stereocenters. The zero-order chi connectivity index (χ0) is 14.2. The Kier molecular flexibility index (Phi) is 5.03. The van der Waals surface area contributed by atoms with E-state index >= 15 is 0 Å². The summed E-state index contributed by atoms with van der Waals surface area (Å²) in [7, 11) is 1.69. The minimum atomic E-state index is 0.101. The van der Waals surface area contributed by atoms with Crippen LogP contribution in [-0.2, 0) is 0 Å². The van der Waals surface area contributed by atoms with Crippen molar-refractivity contribution in [3.8, 4) is 17.6 Å². The predicted octanol–water partition coefficient (Wildman–Crippen LogP) is 4.41. The van der Waals surface area contributed by atoms with Crippen molar-refractivity contribution in [2.45, 2.75) is 12.3 Å². The maximum absolute atomic E-state index is 5.42. The number of hydrogen-bond acceptors (Lipinski definition) is 1. The molecule has 0 N–H and O–H groups in total. The minimum Gasteiger partial charge on any atom is -0.496 e. The second-order valence-electron chi connectivity index (χ2n) is 4.45. The Morgan fingerprint density at radius 1 is 1.10 bits per heavy atom. The number of methoxy groups -OCH3 is 1. The Balaban J connectivity index is 2.32. The average Bonchev–Trinajstić information content (AvgIpc) is 2.52. The van der Waals surface area contributed by atoms with Crippen LogP contribution in [-0.4, -0.2) is 7.11 Å². The quantitative estimate of drug-likeness (QED) is 0.586. The fourth-order valence-electron chi connectivity index (χ4n) is 2.08. The highest BCUT2D eigenvalue weighted by molar-refractivity contribution is 5.43. The van der Waals surface area contributed by atoms with Gasteiger partial charge in [0.25, 0.3) is 0 Å². The average molecular weight is 262 g/mol. The molecule has 0 saturated carbocycles. The zero-order valence-corrected chi connectivity index (χ0v) is 11.7. The second-order valence-corrected chi connectivity index (χ2v) is 4.45. The first-order chi connectivity index (χ1) is 9.85. The van der Waals surface area contributed by atoms with Gasteiger partial charge in [-0.15, -0.1) is 6.58 Å². The third kappa shape index (κ3) is 3.52. The van der Waals surface area contributed by atoms with E-state index in [1.807, 2.05) is 54.6 Å². The van der Waals surface area contributed by atoms with Gasteiger partial charge in [-0.2, -0.15) is 0 Å². The molecule has 0 saturated heterocycles. The second kappa shape index (κ2) is 7.21. The molecule has 20 heavy (non-hydrogen) atoms. The van der Waals surface area contributed by atoms with Gasteiger partial charge in [0.15, 0.2) is 0 Å². The van der Waals surface area contributed by atoms with Crippen molar-refractivity contribution in [2.24, 2.45) is 0 Å². The fraction of sp³-hybridized carbons (Fsp3) is 0.158. The lowest BCUT2D eigenvalue weighted by Crippen LogP contribution is -1.98. The van der Waals surface area contributed by atoms with E-state index in [1.165, 1.54) is 0 Å². The van der Waals surface area contributed by atoms with Gasteiger partial charge in [0, 0.05) is 11.1 Å². The van der Waals surface area contributed by atoms with Crippen LogP contribution in [0.5, 0.6) is 5.75 Å². The number of rotatable bonds is 4. The van der Waals surface area contributed by atoms with Crippen molar-refractivity contribution in [1.29, 1.82) is 0 Å². The van der Waals surface area contributed by atoms with E-state index in [0.717, 1.165) is 23.3 Å². The Bertz CT molecular complexity index is 617. The fourth-order valence-corrected chi connectivity index (χ4v) is 2.08. The molecular formula is C19H18O. The number of benzene rings is 2. The smallest absolute Gasteiger partial charge is 0.123 e. The van der Waals surface area contributed by atoms with E-state index in [2.05, 4.69) is 24.5 Å². The highest BCUT2D eigenvalue weighted by Crippen LogP contribution is 2.28. The molecule has 0 aliphatic carbocycles. The molecule has 0 amide bonds. The first-order valence-electron chi connectivity index (χ1n) is 6.65. The third-order valence-electron chi connectivity index (χ3n) is 3.08. The summed E-state index contributed by atoms with van der Waals surface area (Å²) in [6.07, 6.45) is 2.71. The van der Waals surface area contributed by atoms with Crippen LogP contribution in [0, 0.1) is 11.8 Å². The molecule has 0 heterocycles. The maximum atomic E-state index is 5.42. The lowest BCUT2D eigenvalue weighted by molar-refractivity contribution is 0.408. The summed E-state index contributed by atoms with van der Waals surface area (Å²) in [6.45, 7) is 3.83. The molecule has 2 aromatic rings. The molecule has 0 bridgehead atoms. The Hall–Kier alpha value is -2.46. The van der Waals surface area contributed by atoms with Crippen molar-refractivity contribution in [3.05, 3.63) is 78.4 Å². The SMILES string of the molecule is C=CC[C@@H](C#Cc1ccccc1)c1ccccc1OC. The number of ether oxygens (including phenoxy) is 1. The summed E-state index contributed by atoms with van der Waals surface area (Å²) < 4.78 is 5.42. The van der Waals surface area contributed by atoms with E-state index in [1.54, 1.807) is 7.11 Å². The van der Waals surface area contributed by atoms with Crippen molar-refractivity contribution in [2.75, 3.05) is 7.11 Å². The van der Waals surface area contributed by atoms with Crippen LogP contribution < -0.4 is 4.74 Å². The summed E-state index contributed by atoms with van der Waals surface area (Å²) in [4.78, 5) is 0. The van der Waals surface area contributed by atoms with Gasteiger partial charge >= 0.3 is 0 Å². The van der Waals surface area contributed by atoms with Gasteiger partial charge in [0.1, 0.15) is 5.75 Å². The molecular weight excluding hydrogens is 244 g/mol. The van der Waals surface area contributed by atoms with Crippen molar-refractivity contribution < 1.29 is 4.74 Å². The van der Waals surface area contributed by atoms with Crippen molar-refractivity contribution in [1.82, 2.24) is 0 Å². The van der Waals surface area contributed by atoms with Crippen LogP contribution in [0.2, 0.25) is 0 Å². The summed E-state index contributed by atoms with van der Waals surface area (Å²) in [5, 5.41) is 0. The van der Waals surface area contributed by atoms with E-state index in [9.17, 15) is 0 Å². The monoisotopic (exact) mass is 262 g/mol. The van der Waals surface area contributed by atoms with E-state index in [4.69, 9.17) is 4.74 Å². The van der Waals surface area contributed by atoms with E-state index < -0.39 is 0 Å². The van der Waals surface area contributed by atoms with Gasteiger partial charge in [-0.3, -0.25) is 0 Å². The van der Waals surface area contributed by atoms with E-state index in [0.29, 0.717) is 0 Å². The molecule has 0 radical (unpaired) electrons. The third-order valence-corrected chi connectivity index (χ3v) is 3.08. The predicted molar refractivity (Wildman–Crippen MR) is 83.9 cm³/mol. The number of hydrogen-bond donors (Lipinski definition) is 0. The van der Waals surface area contributed by atoms with Crippen molar-refractivity contribution in [3.63, 3.8) is 0 Å². The lowest BCUT2D eigenvalue weighted by Gasteiger charge is -2.13. The van der Waals surface area contributed by atoms with Crippen LogP contribution >= 0.6 is 0 Å². The van der Waals surface area contributed by atoms with Gasteiger partial charge in [0.2, 0.25) is 0 Å². The highest BCUT2D eigenvalue weighted by Gasteiger charge is 2.11. The molecule has 100 valence electrons. The first-order valence-corrected chi connectivity index (χ1v) is 6.65. The maximum Gasteiger partial charge on any atom is 0.123 e. The Labute approximate surface area is 120 Å². The lowest BCUT2D eigenvalue weighted by atomic mass is 9.95. The Morgan fingerprint density at radius 2 is 1.80 bits per heavy atom. The van der Waals surface area contributed by atoms with Crippen LogP contribution in [0.4, 0.5) is 0 Å². The van der Waals surface area contributed by atoms with Crippen LogP contribution in [0.15, 0.2) is 67.3 Å². The molecule has 0 fully saturated rings. The van der Waals surface area contributed by atoms with Crippen LogP contribution in [0.1, 0.15) is 23.5 Å². The molecule has 1 heteroatoms. The van der Waals surface area contributed by atoms with Crippen LogP contribution in [0.25, 0.3) is 0 Å². The van der Waals surface area contributed by atoms with Gasteiger partial charge in [-0.1, -0.05) is 54.3 Å². The zero-order valence-electron chi connectivity index (χ0n) is 11.7. The molecule has 2 aromatic carbocycles. The van der Waals surface area contributed by atoms with Gasteiger partial charge in [0.05, 0.1) is 13.0 Å².